The number of aromatic nitrogens is 4. The summed E-state index contributed by atoms with van der Waals surface area (Å²) in [5.74, 6) is -1.12. The number of halogens is 1. The lowest BCUT2D eigenvalue weighted by molar-refractivity contribution is -0.140. The summed E-state index contributed by atoms with van der Waals surface area (Å²) in [6.07, 6.45) is 4.56. The molecule has 9 heteroatoms. The van der Waals surface area contributed by atoms with E-state index in [0.717, 1.165) is 15.7 Å². The molecule has 27 heavy (non-hydrogen) atoms. The normalized spacial score (nSPS) is 12.5. The first-order chi connectivity index (χ1) is 13.0. The van der Waals surface area contributed by atoms with Crippen LogP contribution in [0.2, 0.25) is 5.02 Å². The van der Waals surface area contributed by atoms with E-state index in [9.17, 15) is 14.7 Å². The minimum absolute atomic E-state index is 0.00109. The number of thiol groups is 1. The number of pyridine rings is 1. The maximum atomic E-state index is 12.8. The van der Waals surface area contributed by atoms with E-state index >= 15 is 0 Å². The molecular formula is C18H13ClN4O3S. The fourth-order valence-electron chi connectivity index (χ4n) is 2.99. The van der Waals surface area contributed by atoms with Gasteiger partial charge in [-0.1, -0.05) is 23.7 Å². The van der Waals surface area contributed by atoms with E-state index in [1.54, 1.807) is 28.9 Å². The van der Waals surface area contributed by atoms with Crippen molar-refractivity contribution in [3.05, 3.63) is 64.3 Å². The lowest BCUT2D eigenvalue weighted by atomic mass is 10.1. The van der Waals surface area contributed by atoms with Crippen molar-refractivity contribution in [1.82, 2.24) is 19.2 Å². The Morgan fingerprint density at radius 3 is 2.63 bits per heavy atom. The second-order valence-corrected chi connectivity index (χ2v) is 6.72. The summed E-state index contributed by atoms with van der Waals surface area (Å²) in [6.45, 7) is 0. The molecule has 0 spiro atoms. The summed E-state index contributed by atoms with van der Waals surface area (Å²) < 4.78 is 2.72. The summed E-state index contributed by atoms with van der Waals surface area (Å²) in [6, 6.07) is 7.90. The van der Waals surface area contributed by atoms with Crippen LogP contribution in [0.25, 0.3) is 27.7 Å². The molecule has 7 nitrogen and oxygen atoms in total. The average Bonchev–Trinajstić information content (AvgIpc) is 3.09. The molecule has 0 saturated heterocycles. The second-order valence-electron chi connectivity index (χ2n) is 5.92. The largest absolute Gasteiger partial charge is 0.480 e. The van der Waals surface area contributed by atoms with Crippen molar-refractivity contribution in [2.24, 2.45) is 0 Å². The molecule has 0 aliphatic rings. The number of benzene rings is 1. The fraction of sp³-hybridized carbons (Fsp3) is 0.111. The van der Waals surface area contributed by atoms with Gasteiger partial charge in [0, 0.05) is 28.7 Å². The molecule has 136 valence electrons. The Hall–Kier alpha value is -2.84. The molecule has 3 heterocycles. The molecule has 0 radical (unpaired) electrons. The molecule has 0 amide bonds. The van der Waals surface area contributed by atoms with Crippen molar-refractivity contribution in [3.8, 4) is 11.1 Å². The molecule has 1 aromatic carbocycles. The van der Waals surface area contributed by atoms with Crippen LogP contribution in [-0.2, 0) is 4.79 Å². The van der Waals surface area contributed by atoms with Gasteiger partial charge in [0.1, 0.15) is 6.04 Å². The SMILES string of the molecule is O=C(O)[C@H](CS)n1ccc2c(cnc3c(-c4ccc(Cl)cc4)cnn32)c1=O. The third-order valence-corrected chi connectivity index (χ3v) is 4.97. The number of fused-ring (bicyclic) bond motifs is 3. The zero-order valence-electron chi connectivity index (χ0n) is 13.8. The van der Waals surface area contributed by atoms with Crippen LogP contribution in [0, 0.1) is 0 Å². The van der Waals surface area contributed by atoms with Gasteiger partial charge in [-0.2, -0.15) is 17.7 Å². The van der Waals surface area contributed by atoms with Crippen LogP contribution in [0.5, 0.6) is 0 Å². The summed E-state index contributed by atoms with van der Waals surface area (Å²) in [5, 5.41) is 14.6. The minimum Gasteiger partial charge on any atom is -0.480 e. The van der Waals surface area contributed by atoms with Crippen molar-refractivity contribution >= 4 is 46.7 Å². The number of rotatable bonds is 4. The molecule has 0 fully saturated rings. The second kappa shape index (κ2) is 6.71. The zero-order chi connectivity index (χ0) is 19.1. The van der Waals surface area contributed by atoms with Crippen LogP contribution < -0.4 is 5.56 Å². The lowest BCUT2D eigenvalue weighted by Gasteiger charge is -2.14. The van der Waals surface area contributed by atoms with Crippen LogP contribution in [-0.4, -0.2) is 36.0 Å². The van der Waals surface area contributed by atoms with E-state index in [-0.39, 0.29) is 11.1 Å². The zero-order valence-corrected chi connectivity index (χ0v) is 15.4. The quantitative estimate of drug-likeness (QED) is 0.514. The Morgan fingerprint density at radius 1 is 1.22 bits per heavy atom. The van der Waals surface area contributed by atoms with Crippen LogP contribution in [0.4, 0.5) is 0 Å². The summed E-state index contributed by atoms with van der Waals surface area (Å²) >= 11 is 9.98. The highest BCUT2D eigenvalue weighted by atomic mass is 35.5. The van der Waals surface area contributed by atoms with Crippen LogP contribution in [0.1, 0.15) is 6.04 Å². The molecule has 4 rings (SSSR count). The maximum absolute atomic E-state index is 12.8. The van der Waals surface area contributed by atoms with Crippen LogP contribution in [0.3, 0.4) is 0 Å². The highest BCUT2D eigenvalue weighted by molar-refractivity contribution is 7.80. The van der Waals surface area contributed by atoms with Gasteiger partial charge in [0.25, 0.3) is 5.56 Å². The van der Waals surface area contributed by atoms with Gasteiger partial charge < -0.3 is 5.11 Å². The van der Waals surface area contributed by atoms with Crippen molar-refractivity contribution < 1.29 is 9.90 Å². The lowest BCUT2D eigenvalue weighted by Crippen LogP contribution is -2.31. The molecule has 4 aromatic rings. The van der Waals surface area contributed by atoms with Crippen molar-refractivity contribution in [1.29, 1.82) is 0 Å². The Morgan fingerprint density at radius 2 is 1.96 bits per heavy atom. The van der Waals surface area contributed by atoms with Gasteiger partial charge in [0.05, 0.1) is 17.1 Å². The predicted octanol–water partition coefficient (Wildman–Crippen LogP) is 2.92. The smallest absolute Gasteiger partial charge is 0.327 e. The van der Waals surface area contributed by atoms with Crippen LogP contribution >= 0.6 is 24.2 Å². The molecule has 1 N–H and O–H groups in total. The average molecular weight is 401 g/mol. The predicted molar refractivity (Wildman–Crippen MR) is 106 cm³/mol. The van der Waals surface area contributed by atoms with E-state index in [4.69, 9.17) is 11.6 Å². The van der Waals surface area contributed by atoms with Crippen LogP contribution in [0.15, 0.2) is 53.7 Å². The van der Waals surface area contributed by atoms with E-state index in [1.165, 1.54) is 12.4 Å². The summed E-state index contributed by atoms with van der Waals surface area (Å²) in [7, 11) is 0. The number of carbonyl (C=O) groups is 1. The molecule has 0 unspecified atom stereocenters. The number of hydrogen-bond acceptors (Lipinski definition) is 5. The van der Waals surface area contributed by atoms with Gasteiger partial charge in [-0.25, -0.2) is 14.3 Å². The van der Waals surface area contributed by atoms with E-state index in [0.29, 0.717) is 16.2 Å². The first kappa shape index (κ1) is 17.6. The minimum atomic E-state index is -1.12. The van der Waals surface area contributed by atoms with Gasteiger partial charge in [-0.05, 0) is 23.8 Å². The molecular weight excluding hydrogens is 388 g/mol. The van der Waals surface area contributed by atoms with Crippen molar-refractivity contribution in [2.45, 2.75) is 6.04 Å². The van der Waals surface area contributed by atoms with E-state index < -0.39 is 17.6 Å². The van der Waals surface area contributed by atoms with Gasteiger partial charge in [0.15, 0.2) is 5.65 Å². The molecule has 1 atom stereocenters. The van der Waals surface area contributed by atoms with Gasteiger partial charge in [-0.15, -0.1) is 0 Å². The number of carboxylic acid groups (broad SMARTS) is 1. The number of hydrogen-bond donors (Lipinski definition) is 2. The van der Waals surface area contributed by atoms with Crippen molar-refractivity contribution in [3.63, 3.8) is 0 Å². The van der Waals surface area contributed by atoms with E-state index in [1.807, 2.05) is 12.1 Å². The molecule has 0 aliphatic carbocycles. The van der Waals surface area contributed by atoms with Gasteiger partial charge in [-0.3, -0.25) is 9.36 Å². The Bertz CT molecular complexity index is 1230. The van der Waals surface area contributed by atoms with E-state index in [2.05, 4.69) is 22.7 Å². The third kappa shape index (κ3) is 2.87. The Labute approximate surface area is 163 Å². The van der Waals surface area contributed by atoms with Gasteiger partial charge >= 0.3 is 5.97 Å². The molecule has 0 aliphatic heterocycles. The monoisotopic (exact) mass is 400 g/mol. The topological polar surface area (TPSA) is 89.5 Å². The summed E-state index contributed by atoms with van der Waals surface area (Å²) in [4.78, 5) is 28.5. The molecule has 0 saturated carbocycles. The first-order valence-corrected chi connectivity index (χ1v) is 8.99. The number of carboxylic acids is 1. The standard InChI is InChI=1S/C18H13ClN4O3S/c19-11-3-1-10(2-4-11)12-8-21-23-14-5-6-22(15(9-27)18(25)26)17(24)13(14)7-20-16(12)23/h1-8,15,27H,9H2,(H,25,26)/t15-/m0/s1. The highest BCUT2D eigenvalue weighted by Crippen LogP contribution is 2.26. The Balaban J connectivity index is 1.93. The van der Waals surface area contributed by atoms with Gasteiger partial charge in [0.2, 0.25) is 0 Å². The van der Waals surface area contributed by atoms with Crippen molar-refractivity contribution in [2.75, 3.05) is 5.75 Å². The third-order valence-electron chi connectivity index (χ3n) is 4.37. The maximum Gasteiger partial charge on any atom is 0.327 e. The molecule has 3 aromatic heterocycles. The first-order valence-electron chi connectivity index (χ1n) is 7.98. The molecule has 0 bridgehead atoms. The highest BCUT2D eigenvalue weighted by Gasteiger charge is 2.21. The number of aliphatic carboxylic acids is 1. The Kier molecular flexibility index (Phi) is 4.37. The number of nitrogens with zero attached hydrogens (tertiary/aromatic N) is 4. The summed E-state index contributed by atoms with van der Waals surface area (Å²) in [5.41, 5.74) is 2.38. The fourth-order valence-corrected chi connectivity index (χ4v) is 3.45.